The second kappa shape index (κ2) is 12.0. The standard InChI is InChI=1S/C25H30.C3H6/c1-7-11-23(18(3)8-2)25(24-13-10-9-12-20(24)5)17-22-15-14-19(4)21(6)16-22;1-3-2/h7,9-17H,8H2,1-6H3;3H,1H2,2H3/b11-7-,23-18-,25-17-;. The van der Waals surface area contributed by atoms with Gasteiger partial charge in [0.05, 0.1) is 0 Å². The van der Waals surface area contributed by atoms with E-state index in [4.69, 9.17) is 0 Å². The van der Waals surface area contributed by atoms with E-state index in [0.29, 0.717) is 0 Å². The molecule has 0 radical (unpaired) electrons. The Kier molecular flexibility index (Phi) is 10.0. The molecule has 0 heterocycles. The van der Waals surface area contributed by atoms with Crippen molar-refractivity contribution >= 4 is 11.6 Å². The van der Waals surface area contributed by atoms with Crippen LogP contribution in [0.25, 0.3) is 11.6 Å². The number of rotatable bonds is 5. The van der Waals surface area contributed by atoms with Gasteiger partial charge in [0.15, 0.2) is 0 Å². The normalized spacial score (nSPS) is 12.3. The van der Waals surface area contributed by atoms with Crippen LogP contribution in [0.1, 0.15) is 61.9 Å². The number of hydrogen-bond acceptors (Lipinski definition) is 0. The Bertz CT molecular complexity index is 873. The lowest BCUT2D eigenvalue weighted by Crippen LogP contribution is -1.95. The molecule has 0 amide bonds. The third-order valence-corrected chi connectivity index (χ3v) is 4.89. The van der Waals surface area contributed by atoms with Gasteiger partial charge in [0.2, 0.25) is 0 Å². The van der Waals surface area contributed by atoms with Crippen LogP contribution in [0.5, 0.6) is 0 Å². The Morgan fingerprint density at radius 1 is 0.929 bits per heavy atom. The Balaban J connectivity index is 0.00000122. The Morgan fingerprint density at radius 2 is 1.57 bits per heavy atom. The molecule has 0 saturated carbocycles. The number of benzene rings is 2. The van der Waals surface area contributed by atoms with Crippen molar-refractivity contribution in [3.8, 4) is 0 Å². The third-order valence-electron chi connectivity index (χ3n) is 4.89. The van der Waals surface area contributed by atoms with Crippen molar-refractivity contribution in [1.82, 2.24) is 0 Å². The first-order valence-corrected chi connectivity index (χ1v) is 10.1. The van der Waals surface area contributed by atoms with Gasteiger partial charge in [-0.25, -0.2) is 0 Å². The highest BCUT2D eigenvalue weighted by atomic mass is 14.2. The molecule has 0 spiro atoms. The molecule has 28 heavy (non-hydrogen) atoms. The van der Waals surface area contributed by atoms with E-state index in [-0.39, 0.29) is 0 Å². The minimum absolute atomic E-state index is 1.05. The van der Waals surface area contributed by atoms with Gasteiger partial charge in [-0.05, 0) is 93.0 Å². The van der Waals surface area contributed by atoms with Crippen LogP contribution in [0.2, 0.25) is 0 Å². The van der Waals surface area contributed by atoms with Crippen LogP contribution < -0.4 is 0 Å². The van der Waals surface area contributed by atoms with Crippen LogP contribution in [0.3, 0.4) is 0 Å². The maximum atomic E-state index is 3.36. The van der Waals surface area contributed by atoms with Gasteiger partial charge in [-0.15, -0.1) is 6.58 Å². The molecule has 0 saturated heterocycles. The first-order valence-electron chi connectivity index (χ1n) is 10.1. The van der Waals surface area contributed by atoms with Gasteiger partial charge in [-0.2, -0.15) is 0 Å². The molecular formula is C28H36. The van der Waals surface area contributed by atoms with E-state index in [1.54, 1.807) is 6.08 Å². The monoisotopic (exact) mass is 372 g/mol. The van der Waals surface area contributed by atoms with Crippen LogP contribution >= 0.6 is 0 Å². The second-order valence-electron chi connectivity index (χ2n) is 7.17. The lowest BCUT2D eigenvalue weighted by Gasteiger charge is -2.16. The molecule has 0 aromatic heterocycles. The highest BCUT2D eigenvalue weighted by Gasteiger charge is 2.11. The summed E-state index contributed by atoms with van der Waals surface area (Å²) < 4.78 is 0. The van der Waals surface area contributed by atoms with Gasteiger partial charge in [-0.3, -0.25) is 0 Å². The molecule has 0 nitrogen and oxygen atoms in total. The fourth-order valence-electron chi connectivity index (χ4n) is 3.02. The average molecular weight is 373 g/mol. The van der Waals surface area contributed by atoms with Gasteiger partial charge in [0.1, 0.15) is 0 Å². The number of allylic oxidation sites excluding steroid dienone is 6. The third kappa shape index (κ3) is 6.53. The predicted octanol–water partition coefficient (Wildman–Crippen LogP) is 8.65. The molecule has 0 aliphatic heterocycles. The first-order chi connectivity index (χ1) is 13.4. The van der Waals surface area contributed by atoms with Crippen molar-refractivity contribution in [2.75, 3.05) is 0 Å². The van der Waals surface area contributed by atoms with Crippen molar-refractivity contribution in [3.63, 3.8) is 0 Å². The maximum Gasteiger partial charge on any atom is -0.0103 e. The zero-order chi connectivity index (χ0) is 21.1. The largest absolute Gasteiger partial charge is 0.103 e. The molecule has 0 aliphatic rings. The molecule has 0 N–H and O–H groups in total. The summed E-state index contributed by atoms with van der Waals surface area (Å²) in [5, 5.41) is 0. The Hall–Kier alpha value is -2.60. The molecule has 2 aromatic rings. The van der Waals surface area contributed by atoms with E-state index in [9.17, 15) is 0 Å². The highest BCUT2D eigenvalue weighted by molar-refractivity contribution is 5.94. The molecule has 0 heteroatoms. The zero-order valence-corrected chi connectivity index (χ0v) is 18.8. The molecule has 2 aromatic carbocycles. The van der Waals surface area contributed by atoms with Crippen LogP contribution in [0.15, 0.2) is 78.4 Å². The van der Waals surface area contributed by atoms with Crippen molar-refractivity contribution in [1.29, 1.82) is 0 Å². The minimum atomic E-state index is 1.05. The highest BCUT2D eigenvalue weighted by Crippen LogP contribution is 2.32. The topological polar surface area (TPSA) is 0 Å². The van der Waals surface area contributed by atoms with Gasteiger partial charge < -0.3 is 0 Å². The molecule has 0 atom stereocenters. The Morgan fingerprint density at radius 3 is 2.11 bits per heavy atom. The van der Waals surface area contributed by atoms with Crippen molar-refractivity contribution in [2.45, 2.75) is 54.9 Å². The zero-order valence-electron chi connectivity index (χ0n) is 18.8. The molecule has 0 fully saturated rings. The molecule has 0 aliphatic carbocycles. The Labute approximate surface area is 173 Å². The van der Waals surface area contributed by atoms with Crippen LogP contribution in [0.4, 0.5) is 0 Å². The number of hydrogen-bond donors (Lipinski definition) is 0. The van der Waals surface area contributed by atoms with E-state index in [2.05, 4.69) is 109 Å². The van der Waals surface area contributed by atoms with Crippen LogP contribution in [-0.2, 0) is 0 Å². The minimum Gasteiger partial charge on any atom is -0.103 e. The van der Waals surface area contributed by atoms with Crippen LogP contribution in [-0.4, -0.2) is 0 Å². The summed E-state index contributed by atoms with van der Waals surface area (Å²) in [6.07, 6.45) is 9.53. The average Bonchev–Trinajstić information content (AvgIpc) is 2.68. The van der Waals surface area contributed by atoms with E-state index < -0.39 is 0 Å². The molecule has 0 unspecified atom stereocenters. The van der Waals surface area contributed by atoms with Gasteiger partial charge in [0.25, 0.3) is 0 Å². The summed E-state index contributed by atoms with van der Waals surface area (Å²) >= 11 is 0. The number of aryl methyl sites for hydroxylation is 3. The maximum absolute atomic E-state index is 3.36. The van der Waals surface area contributed by atoms with Gasteiger partial charge in [-0.1, -0.05) is 73.2 Å². The van der Waals surface area contributed by atoms with E-state index >= 15 is 0 Å². The summed E-state index contributed by atoms with van der Waals surface area (Å²) in [5.74, 6) is 0. The lowest BCUT2D eigenvalue weighted by molar-refractivity contribution is 1.08. The molecule has 2 rings (SSSR count). The summed E-state index contributed by atoms with van der Waals surface area (Å²) in [6, 6.07) is 15.4. The molecule has 148 valence electrons. The lowest BCUT2D eigenvalue weighted by atomic mass is 9.88. The first kappa shape index (κ1) is 23.4. The summed E-state index contributed by atoms with van der Waals surface area (Å²) in [5.41, 5.74) is 10.6. The predicted molar refractivity (Wildman–Crippen MR) is 129 cm³/mol. The van der Waals surface area contributed by atoms with Crippen LogP contribution in [0, 0.1) is 20.8 Å². The van der Waals surface area contributed by atoms with E-state index in [1.165, 1.54) is 44.5 Å². The van der Waals surface area contributed by atoms with E-state index in [0.717, 1.165) is 6.42 Å². The summed E-state index contributed by atoms with van der Waals surface area (Å²) in [7, 11) is 0. The smallest absolute Gasteiger partial charge is 0.0103 e. The molecular weight excluding hydrogens is 336 g/mol. The summed E-state index contributed by atoms with van der Waals surface area (Å²) in [6.45, 7) is 18.3. The summed E-state index contributed by atoms with van der Waals surface area (Å²) in [4.78, 5) is 0. The molecule has 0 bridgehead atoms. The van der Waals surface area contributed by atoms with E-state index in [1.807, 2.05) is 6.92 Å². The fraction of sp³-hybridized carbons (Fsp3) is 0.286. The van der Waals surface area contributed by atoms with Crippen molar-refractivity contribution in [2.24, 2.45) is 0 Å². The quantitative estimate of drug-likeness (QED) is 0.280. The van der Waals surface area contributed by atoms with Crippen molar-refractivity contribution < 1.29 is 0 Å². The van der Waals surface area contributed by atoms with Gasteiger partial charge >= 0.3 is 0 Å². The van der Waals surface area contributed by atoms with Crippen molar-refractivity contribution in [3.05, 3.63) is 106 Å². The van der Waals surface area contributed by atoms with Gasteiger partial charge in [0, 0.05) is 0 Å². The SMILES string of the molecule is C=CC.C\C=C/C(=C(\C)CC)C(=C/c1ccc(C)c(C)c1)/c1ccccc1C. The second-order valence-corrected chi connectivity index (χ2v) is 7.17. The fourth-order valence-corrected chi connectivity index (χ4v) is 3.02.